The van der Waals surface area contributed by atoms with Crippen LogP contribution in [0.4, 0.5) is 21.8 Å². The van der Waals surface area contributed by atoms with Gasteiger partial charge in [0.1, 0.15) is 17.2 Å². The number of nitrogens with one attached hydrogen (secondary N) is 1. The number of carboxylic acids is 1. The average molecular weight is 646 g/mol. The second-order valence-corrected chi connectivity index (χ2v) is 12.3. The van der Waals surface area contributed by atoms with Crippen molar-refractivity contribution >= 4 is 34.3 Å². The molecule has 5 rings (SSSR count). The van der Waals surface area contributed by atoms with Crippen molar-refractivity contribution in [3.8, 4) is 0 Å². The molecular formula is C35H44FN7O4. The minimum Gasteiger partial charge on any atom is -0.477 e. The van der Waals surface area contributed by atoms with Crippen molar-refractivity contribution in [1.29, 1.82) is 0 Å². The fraction of sp³-hybridized carbons (Fsp3) is 0.429. The summed E-state index contributed by atoms with van der Waals surface area (Å²) in [4.78, 5) is 43.9. The number of fused-ring (bicyclic) bond motifs is 1. The van der Waals surface area contributed by atoms with E-state index >= 15 is 4.39 Å². The predicted octanol–water partition coefficient (Wildman–Crippen LogP) is 4.60. The first-order chi connectivity index (χ1) is 22.6. The first-order valence-corrected chi connectivity index (χ1v) is 16.3. The number of aryl methyl sites for hydroxylation is 3. The maximum absolute atomic E-state index is 15.5. The predicted molar refractivity (Wildman–Crippen MR) is 183 cm³/mol. The van der Waals surface area contributed by atoms with E-state index in [4.69, 9.17) is 11.5 Å². The van der Waals surface area contributed by atoms with Gasteiger partial charge in [-0.3, -0.25) is 19.1 Å². The van der Waals surface area contributed by atoms with Crippen molar-refractivity contribution in [3.05, 3.63) is 91.2 Å². The molecule has 47 heavy (non-hydrogen) atoms. The number of likely N-dealkylation sites (tertiary alicyclic amines) is 1. The number of carbonyl (C=O) groups is 1. The van der Waals surface area contributed by atoms with Crippen LogP contribution < -0.4 is 27.8 Å². The zero-order chi connectivity index (χ0) is 33.8. The summed E-state index contributed by atoms with van der Waals surface area (Å²) >= 11 is 0. The number of halogens is 1. The molecule has 0 aliphatic carbocycles. The number of aromatic nitrogens is 3. The molecule has 0 amide bonds. The van der Waals surface area contributed by atoms with Crippen LogP contribution in [0.25, 0.3) is 10.9 Å². The molecule has 6 N–H and O–H groups in total. The molecule has 3 heterocycles. The molecule has 1 fully saturated rings. The number of unbranched alkanes of at least 4 members (excludes halogenated alkanes) is 2. The fourth-order valence-corrected chi connectivity index (χ4v) is 6.85. The lowest BCUT2D eigenvalue weighted by atomic mass is 9.90. The van der Waals surface area contributed by atoms with Gasteiger partial charge in [-0.05, 0) is 93.6 Å². The number of carboxylic acid groups (broad SMARTS) is 1. The smallest absolute Gasteiger partial charge is 0.341 e. The van der Waals surface area contributed by atoms with Crippen molar-refractivity contribution in [2.75, 3.05) is 30.7 Å². The molecule has 2 aromatic heterocycles. The number of hydrogen-bond donors (Lipinski definition) is 4. The Kier molecular flexibility index (Phi) is 10.4. The molecule has 250 valence electrons. The van der Waals surface area contributed by atoms with Crippen LogP contribution in [0.1, 0.15) is 72.5 Å². The molecule has 1 aliphatic heterocycles. The van der Waals surface area contributed by atoms with E-state index in [-0.39, 0.29) is 34.4 Å². The lowest BCUT2D eigenvalue weighted by Crippen LogP contribution is -2.39. The number of nitrogen functional groups attached to an aromatic ring is 1. The topological polar surface area (TPSA) is 162 Å². The van der Waals surface area contributed by atoms with Gasteiger partial charge in [0.25, 0.3) is 5.56 Å². The van der Waals surface area contributed by atoms with E-state index in [1.54, 1.807) is 10.6 Å². The normalized spacial score (nSPS) is 16.6. The summed E-state index contributed by atoms with van der Waals surface area (Å²) < 4.78 is 18.7. The summed E-state index contributed by atoms with van der Waals surface area (Å²) in [5.74, 6) is -1.43. The number of nitrogens with zero attached hydrogens (tertiary/aromatic N) is 4. The quantitative estimate of drug-likeness (QED) is 0.152. The molecule has 0 radical (unpaired) electrons. The number of aromatic carboxylic acids is 1. The van der Waals surface area contributed by atoms with Gasteiger partial charge in [-0.25, -0.2) is 9.18 Å². The summed E-state index contributed by atoms with van der Waals surface area (Å²) in [6.07, 6.45) is 5.42. The van der Waals surface area contributed by atoms with Crippen molar-refractivity contribution < 1.29 is 14.3 Å². The maximum atomic E-state index is 15.5. The van der Waals surface area contributed by atoms with Crippen molar-refractivity contribution in [3.63, 3.8) is 0 Å². The number of benzene rings is 2. The molecule has 2 unspecified atom stereocenters. The Bertz CT molecular complexity index is 1900. The highest BCUT2D eigenvalue weighted by atomic mass is 19.1. The third-order valence-electron chi connectivity index (χ3n) is 9.44. The van der Waals surface area contributed by atoms with Crippen LogP contribution in [0.15, 0.2) is 52.2 Å². The van der Waals surface area contributed by atoms with Gasteiger partial charge in [-0.1, -0.05) is 19.4 Å². The number of hydrogen-bond acceptors (Lipinski definition) is 8. The highest BCUT2D eigenvalue weighted by molar-refractivity contribution is 5.92. The average Bonchev–Trinajstić information content (AvgIpc) is 3.45. The largest absolute Gasteiger partial charge is 0.477 e. The van der Waals surface area contributed by atoms with Crippen LogP contribution in [0, 0.1) is 12.7 Å². The van der Waals surface area contributed by atoms with Crippen LogP contribution >= 0.6 is 0 Å². The Labute approximate surface area is 273 Å². The SMILES string of the molecule is CCc1cc(Nc2cc(=O)n(CCCCCN3CCC(c4cc5c(cc4F)c(=O)c(C(=O)O)cn5CC)C3CN)c(N)n2)ccc1C. The lowest BCUT2D eigenvalue weighted by Gasteiger charge is -2.28. The minimum atomic E-state index is -1.33. The Morgan fingerprint density at radius 3 is 2.55 bits per heavy atom. The van der Waals surface area contributed by atoms with Gasteiger partial charge in [0.05, 0.1) is 5.52 Å². The number of rotatable bonds is 13. The second kappa shape index (κ2) is 14.5. The van der Waals surface area contributed by atoms with Gasteiger partial charge in [0.2, 0.25) is 11.4 Å². The number of anilines is 3. The van der Waals surface area contributed by atoms with Gasteiger partial charge in [0, 0.05) is 54.9 Å². The monoisotopic (exact) mass is 645 g/mol. The van der Waals surface area contributed by atoms with E-state index in [9.17, 15) is 19.5 Å². The molecular weight excluding hydrogens is 601 g/mol. The van der Waals surface area contributed by atoms with Crippen LogP contribution in [-0.4, -0.2) is 55.8 Å². The molecule has 12 heteroatoms. The van der Waals surface area contributed by atoms with Crippen LogP contribution in [0.3, 0.4) is 0 Å². The van der Waals surface area contributed by atoms with Gasteiger partial charge in [0.15, 0.2) is 0 Å². The molecule has 1 saturated heterocycles. The molecule has 11 nitrogen and oxygen atoms in total. The first kappa shape index (κ1) is 33.8. The number of pyridine rings is 1. The Morgan fingerprint density at radius 1 is 1.11 bits per heavy atom. The third kappa shape index (κ3) is 7.08. The standard InChI is InChI=1S/C35H44FN7O4/c1-4-22-15-23(10-9-21(22)3)39-31-18-32(44)43(35(38)40-31)13-8-6-7-12-42-14-11-24(30(42)19-37)25-17-29-26(16-28(25)36)33(45)27(34(46)47)20-41(29)5-2/h9-10,15-18,20,24,30,39H,4-8,11-14,19,37H2,1-3H3,(H2,38,40)(H,46,47). The van der Waals surface area contributed by atoms with E-state index in [0.717, 1.165) is 44.5 Å². The molecule has 2 atom stereocenters. The van der Waals surface area contributed by atoms with Crippen LogP contribution in [-0.2, 0) is 19.5 Å². The Hall–Kier alpha value is -4.55. The van der Waals surface area contributed by atoms with Crippen LogP contribution in [0.5, 0.6) is 0 Å². The van der Waals surface area contributed by atoms with Gasteiger partial charge in [-0.15, -0.1) is 0 Å². The van der Waals surface area contributed by atoms with Crippen molar-refractivity contribution in [2.45, 2.75) is 77.9 Å². The van der Waals surface area contributed by atoms with E-state index in [0.29, 0.717) is 43.0 Å². The Morgan fingerprint density at radius 2 is 1.87 bits per heavy atom. The van der Waals surface area contributed by atoms with E-state index in [1.165, 1.54) is 34.0 Å². The van der Waals surface area contributed by atoms with E-state index < -0.39 is 17.2 Å². The van der Waals surface area contributed by atoms with Gasteiger partial charge < -0.3 is 26.5 Å². The fourth-order valence-electron chi connectivity index (χ4n) is 6.85. The molecule has 0 saturated carbocycles. The van der Waals surface area contributed by atoms with Gasteiger partial charge >= 0.3 is 5.97 Å². The number of nitrogens with two attached hydrogens (primary N) is 2. The molecule has 2 aromatic carbocycles. The highest BCUT2D eigenvalue weighted by Crippen LogP contribution is 2.36. The van der Waals surface area contributed by atoms with Crippen LogP contribution in [0.2, 0.25) is 0 Å². The van der Waals surface area contributed by atoms with Gasteiger partial charge in [-0.2, -0.15) is 4.98 Å². The summed E-state index contributed by atoms with van der Waals surface area (Å²) in [6.45, 7) is 8.79. The zero-order valence-electron chi connectivity index (χ0n) is 27.3. The molecule has 4 aromatic rings. The molecule has 1 aliphatic rings. The molecule has 0 spiro atoms. The summed E-state index contributed by atoms with van der Waals surface area (Å²) in [5.41, 5.74) is 15.4. The van der Waals surface area contributed by atoms with E-state index in [2.05, 4.69) is 35.1 Å². The summed E-state index contributed by atoms with van der Waals surface area (Å²) in [6, 6.07) is 10.3. The van der Waals surface area contributed by atoms with E-state index in [1.807, 2.05) is 19.1 Å². The Balaban J connectivity index is 1.19. The zero-order valence-corrected chi connectivity index (χ0v) is 27.3. The van der Waals surface area contributed by atoms with Crippen molar-refractivity contribution in [2.24, 2.45) is 5.73 Å². The minimum absolute atomic E-state index is 0.0600. The first-order valence-electron chi connectivity index (χ1n) is 16.3. The summed E-state index contributed by atoms with van der Waals surface area (Å²) in [5, 5.41) is 12.7. The third-order valence-corrected chi connectivity index (χ3v) is 9.44. The lowest BCUT2D eigenvalue weighted by molar-refractivity contribution is 0.0695. The van der Waals surface area contributed by atoms with Crippen molar-refractivity contribution in [1.82, 2.24) is 19.0 Å². The highest BCUT2D eigenvalue weighted by Gasteiger charge is 2.35. The molecule has 0 bridgehead atoms. The summed E-state index contributed by atoms with van der Waals surface area (Å²) in [7, 11) is 0. The second-order valence-electron chi connectivity index (χ2n) is 12.3. The maximum Gasteiger partial charge on any atom is 0.341 e.